The molecule has 0 bridgehead atoms. The third-order valence-corrected chi connectivity index (χ3v) is 11.1. The third kappa shape index (κ3) is 17.3. The Morgan fingerprint density at radius 1 is 0.312 bits per heavy atom. The Morgan fingerprint density at radius 2 is 0.562 bits per heavy atom. The molecule has 0 saturated heterocycles. The second-order valence-corrected chi connectivity index (χ2v) is 14.9. The molecule has 0 nitrogen and oxygen atoms in total. The zero-order valence-electron chi connectivity index (χ0n) is 34.9. The number of benzene rings is 8. The van der Waals surface area contributed by atoms with Crippen molar-refractivity contribution < 1.29 is 126 Å². The summed E-state index contributed by atoms with van der Waals surface area (Å²) in [5, 5.41) is 10.8. The van der Waals surface area contributed by atoms with Gasteiger partial charge in [-0.3, -0.25) is 0 Å². The number of halogens is 4. The van der Waals surface area contributed by atoms with Crippen LogP contribution in [0.5, 0.6) is 0 Å². The van der Waals surface area contributed by atoms with Gasteiger partial charge >= 0.3 is 152 Å². The van der Waals surface area contributed by atoms with Crippen molar-refractivity contribution in [3.8, 4) is 0 Å². The second kappa shape index (κ2) is 32.1. The summed E-state index contributed by atoms with van der Waals surface area (Å²) in [5.74, 6) is 0. The number of hydrogen-bond acceptors (Lipinski definition) is 0. The maximum atomic E-state index is 2.24. The molecule has 0 aliphatic carbocycles. The van der Waals surface area contributed by atoms with E-state index in [0.29, 0.717) is 0 Å². The zero-order valence-corrected chi connectivity index (χ0v) is 45.3. The molecule has 0 fully saturated rings. The fourth-order valence-corrected chi connectivity index (χ4v) is 7.62. The molecule has 0 N–H and O–H groups in total. The minimum absolute atomic E-state index is 0. The minimum Gasteiger partial charge on any atom is -0.214 e. The van der Waals surface area contributed by atoms with Gasteiger partial charge in [0.25, 0.3) is 0 Å². The second-order valence-electron chi connectivity index (χ2n) is 13.7. The molecule has 310 valence electrons. The maximum Gasteiger partial charge on any atom is 4.00 e. The molecule has 11 aromatic carbocycles. The minimum atomic E-state index is 0. The summed E-state index contributed by atoms with van der Waals surface area (Å²) in [6.45, 7) is 0. The molecule has 0 aliphatic heterocycles. The molecule has 0 unspecified atom stereocenters. The topological polar surface area (TPSA) is 0 Å². The molecule has 64 heavy (non-hydrogen) atoms. The molecule has 0 spiro atoms. The third-order valence-electron chi connectivity index (χ3n) is 9.66. The monoisotopic (exact) mass is 1140 g/mol. The van der Waals surface area contributed by atoms with E-state index >= 15 is 0 Å². The van der Waals surface area contributed by atoms with Gasteiger partial charge in [-0.25, -0.2) is 12.1 Å². The summed E-state index contributed by atoms with van der Waals surface area (Å²) in [6.07, 6.45) is 2.17. The van der Waals surface area contributed by atoms with E-state index in [-0.39, 0.29) is 102 Å². The van der Waals surface area contributed by atoms with Gasteiger partial charge in [-0.15, -0.1) is 121 Å². The molecule has 0 aromatic heterocycles. The van der Waals surface area contributed by atoms with E-state index < -0.39 is 0 Å². The van der Waals surface area contributed by atoms with Gasteiger partial charge in [0.15, 0.2) is 0 Å². The molecule has 11 rings (SSSR count). The molecule has 11 aromatic rings. The molecule has 0 saturated carbocycles. The SMILES string of the molecule is [Cl-].[Cl-].[Cl-].[Cl-].[Zr+2]=[C](c1ccccc1)c1ccccc1.[Zr+4].[Zr+4].c1cc[cH-]c1.c1ccc([CH-]c2ccccc2)cc1.c1ccc2c(c1)[cH-]c1ccccc12.c1ccc2c(c1)[cH-]c1ccccc12. The summed E-state index contributed by atoms with van der Waals surface area (Å²) >= 11 is 1.46. The molecule has 0 aliphatic rings. The first-order valence-corrected chi connectivity index (χ1v) is 20.8. The van der Waals surface area contributed by atoms with E-state index in [1.54, 1.807) is 0 Å². The molecule has 0 heterocycles. The van der Waals surface area contributed by atoms with Gasteiger partial charge in [0.2, 0.25) is 0 Å². The number of hydrogen-bond donors (Lipinski definition) is 0. The van der Waals surface area contributed by atoms with Gasteiger partial charge < -0.3 is 49.6 Å². The normalized spacial score (nSPS) is 9.22. The first-order chi connectivity index (χ1) is 28.7. The van der Waals surface area contributed by atoms with Gasteiger partial charge in [-0.05, 0) is 0 Å². The first-order valence-electron chi connectivity index (χ1n) is 19.6. The van der Waals surface area contributed by atoms with Crippen molar-refractivity contribution in [2.45, 2.75) is 0 Å². The van der Waals surface area contributed by atoms with Crippen LogP contribution >= 0.6 is 0 Å². The quantitative estimate of drug-likeness (QED) is 0.239. The first kappa shape index (κ1) is 58.4. The van der Waals surface area contributed by atoms with Crippen LogP contribution in [0.1, 0.15) is 22.3 Å². The van der Waals surface area contributed by atoms with Crippen molar-refractivity contribution in [1.29, 1.82) is 0 Å². The van der Waals surface area contributed by atoms with Crippen LogP contribution in [0.2, 0.25) is 0 Å². The molecular formula is C57H44Cl4Zr3+2. The Hall–Kier alpha value is -3.60. The molecule has 0 amide bonds. The van der Waals surface area contributed by atoms with Crippen LogP contribution in [0.3, 0.4) is 0 Å². The van der Waals surface area contributed by atoms with Gasteiger partial charge in [0.05, 0.1) is 0 Å². The van der Waals surface area contributed by atoms with E-state index in [0.717, 1.165) is 0 Å². The Labute approximate surface area is 456 Å². The average molecular weight is 1140 g/mol. The molecule has 0 radical (unpaired) electrons. The summed E-state index contributed by atoms with van der Waals surface area (Å²) in [6, 6.07) is 90.3. The molecular weight excluding hydrogens is 1100 g/mol. The summed E-state index contributed by atoms with van der Waals surface area (Å²) in [4.78, 5) is 0. The summed E-state index contributed by atoms with van der Waals surface area (Å²) < 4.78 is 1.42. The largest absolute Gasteiger partial charge is 4.00 e. The smallest absolute Gasteiger partial charge is 0.214 e. The van der Waals surface area contributed by atoms with Gasteiger partial charge in [-0.2, -0.15) is 18.2 Å². The van der Waals surface area contributed by atoms with Crippen molar-refractivity contribution in [3.05, 3.63) is 290 Å². The Balaban J connectivity index is 0.000000399. The van der Waals surface area contributed by atoms with Crippen LogP contribution in [0.4, 0.5) is 0 Å². The summed E-state index contributed by atoms with van der Waals surface area (Å²) in [7, 11) is 0. The predicted molar refractivity (Wildman–Crippen MR) is 248 cm³/mol. The maximum absolute atomic E-state index is 2.24. The summed E-state index contributed by atoms with van der Waals surface area (Å²) in [5.41, 5.74) is 5.15. The Morgan fingerprint density at radius 3 is 0.828 bits per heavy atom. The van der Waals surface area contributed by atoms with E-state index in [4.69, 9.17) is 0 Å². The van der Waals surface area contributed by atoms with E-state index in [9.17, 15) is 0 Å². The van der Waals surface area contributed by atoms with Crippen molar-refractivity contribution in [1.82, 2.24) is 0 Å². The van der Waals surface area contributed by atoms with E-state index in [1.807, 2.05) is 42.5 Å². The van der Waals surface area contributed by atoms with Gasteiger partial charge in [-0.1, -0.05) is 109 Å². The van der Waals surface area contributed by atoms with Crippen LogP contribution in [0.15, 0.2) is 261 Å². The molecule has 7 heteroatoms. The van der Waals surface area contributed by atoms with Crippen molar-refractivity contribution in [2.75, 3.05) is 0 Å². The van der Waals surface area contributed by atoms with Crippen molar-refractivity contribution in [2.24, 2.45) is 0 Å². The van der Waals surface area contributed by atoms with Gasteiger partial charge in [0.1, 0.15) is 0 Å². The fourth-order valence-electron chi connectivity index (χ4n) is 6.80. The zero-order chi connectivity index (χ0) is 39.6. The van der Waals surface area contributed by atoms with Crippen LogP contribution in [-0.2, 0) is 76.6 Å². The average Bonchev–Trinajstić information content (AvgIpc) is 4.09. The Kier molecular flexibility index (Phi) is 29.3. The number of fused-ring (bicyclic) bond motifs is 6. The fraction of sp³-hybridized carbons (Fsp3) is 0. The Bertz CT molecular complexity index is 2570. The molecule has 0 atom stereocenters. The van der Waals surface area contributed by atoms with Crippen LogP contribution in [0.25, 0.3) is 43.1 Å². The van der Waals surface area contributed by atoms with E-state index in [2.05, 4.69) is 225 Å². The predicted octanol–water partition coefficient (Wildman–Crippen LogP) is 2.93. The van der Waals surface area contributed by atoms with Crippen molar-refractivity contribution in [3.63, 3.8) is 0 Å². The van der Waals surface area contributed by atoms with Crippen molar-refractivity contribution >= 4 is 46.3 Å². The van der Waals surface area contributed by atoms with Gasteiger partial charge in [0, 0.05) is 0 Å². The van der Waals surface area contributed by atoms with Crippen LogP contribution in [0, 0.1) is 6.42 Å². The standard InChI is InChI=1S/2C13H9.C13H11.C13H10.C5H5.4ClH.3Zr/c2*1-3-7-12-10(5-1)9-11-6-2-4-8-13(11)12;2*1-3-7-12(8-4-1)11-13-9-5-2-6-10-13;1-2-4-5-3-1;;;;;;;/h2*1-9H;1-11H;1-10H;1-5H;4*1H;;;/q3*-1;;-1;;;;;+2;2*+4/p-4. The number of rotatable bonds is 4. The van der Waals surface area contributed by atoms with Crippen LogP contribution in [-0.4, -0.2) is 3.21 Å². The van der Waals surface area contributed by atoms with Crippen LogP contribution < -0.4 is 49.6 Å². The van der Waals surface area contributed by atoms with E-state index in [1.165, 1.54) is 92.8 Å².